The quantitative estimate of drug-likeness (QED) is 0.886. The SMILES string of the molecule is CCC1(CC)CN(c2c(F)cc(Br)cc2F)CCCN1. The van der Waals surface area contributed by atoms with Gasteiger partial charge in [0.15, 0.2) is 11.6 Å². The van der Waals surface area contributed by atoms with E-state index in [0.29, 0.717) is 17.6 Å². The van der Waals surface area contributed by atoms with Gasteiger partial charge in [-0.15, -0.1) is 0 Å². The van der Waals surface area contributed by atoms with Gasteiger partial charge in [-0.25, -0.2) is 8.78 Å². The van der Waals surface area contributed by atoms with Crippen LogP contribution in [0.3, 0.4) is 0 Å². The van der Waals surface area contributed by atoms with Crippen molar-refractivity contribution in [3.05, 3.63) is 28.2 Å². The van der Waals surface area contributed by atoms with Gasteiger partial charge >= 0.3 is 0 Å². The van der Waals surface area contributed by atoms with Crippen LogP contribution in [-0.4, -0.2) is 25.2 Å². The number of benzene rings is 1. The topological polar surface area (TPSA) is 15.3 Å². The third kappa shape index (κ3) is 3.14. The van der Waals surface area contributed by atoms with Crippen LogP contribution in [0.2, 0.25) is 0 Å². The first kappa shape index (κ1) is 15.7. The van der Waals surface area contributed by atoms with E-state index in [2.05, 4.69) is 35.1 Å². The van der Waals surface area contributed by atoms with E-state index in [1.165, 1.54) is 12.1 Å². The molecule has 0 aromatic heterocycles. The monoisotopic (exact) mass is 346 g/mol. The van der Waals surface area contributed by atoms with Gasteiger partial charge in [0.1, 0.15) is 5.69 Å². The Labute approximate surface area is 127 Å². The van der Waals surface area contributed by atoms with Crippen molar-refractivity contribution in [1.82, 2.24) is 5.32 Å². The Hall–Kier alpha value is -0.680. The first-order valence-corrected chi connectivity index (χ1v) is 7.95. The van der Waals surface area contributed by atoms with E-state index >= 15 is 0 Å². The molecular formula is C15H21BrF2N2. The summed E-state index contributed by atoms with van der Waals surface area (Å²) in [6.45, 7) is 6.43. The molecular weight excluding hydrogens is 326 g/mol. The molecule has 0 spiro atoms. The molecule has 1 fully saturated rings. The smallest absolute Gasteiger partial charge is 0.150 e. The lowest BCUT2D eigenvalue weighted by atomic mass is 9.92. The molecule has 112 valence electrons. The Morgan fingerprint density at radius 1 is 1.25 bits per heavy atom. The average Bonchev–Trinajstić information content (AvgIpc) is 2.61. The van der Waals surface area contributed by atoms with E-state index in [-0.39, 0.29) is 11.2 Å². The van der Waals surface area contributed by atoms with Crippen LogP contribution in [0.4, 0.5) is 14.5 Å². The minimum Gasteiger partial charge on any atom is -0.365 e. The number of anilines is 1. The first-order valence-electron chi connectivity index (χ1n) is 7.16. The summed E-state index contributed by atoms with van der Waals surface area (Å²) >= 11 is 3.13. The zero-order valence-electron chi connectivity index (χ0n) is 12.0. The van der Waals surface area contributed by atoms with Crippen molar-refractivity contribution >= 4 is 21.6 Å². The molecule has 0 radical (unpaired) electrons. The molecule has 2 rings (SSSR count). The summed E-state index contributed by atoms with van der Waals surface area (Å²) in [7, 11) is 0. The zero-order valence-corrected chi connectivity index (χ0v) is 13.6. The third-order valence-electron chi connectivity index (χ3n) is 4.25. The molecule has 5 heteroatoms. The van der Waals surface area contributed by atoms with Crippen molar-refractivity contribution in [1.29, 1.82) is 0 Å². The fraction of sp³-hybridized carbons (Fsp3) is 0.600. The standard InChI is InChI=1S/C15H21BrF2N2/c1-3-15(4-2)10-20(7-5-6-19-15)14-12(17)8-11(16)9-13(14)18/h8-9,19H,3-7,10H2,1-2H3. The Balaban J connectivity index is 2.36. The molecule has 1 N–H and O–H groups in total. The van der Waals surface area contributed by atoms with Crippen molar-refractivity contribution in [2.24, 2.45) is 0 Å². The average molecular weight is 347 g/mol. The Kier molecular flexibility index (Phi) is 5.02. The maximum absolute atomic E-state index is 14.2. The highest BCUT2D eigenvalue weighted by atomic mass is 79.9. The van der Waals surface area contributed by atoms with Gasteiger partial charge in [0.2, 0.25) is 0 Å². The largest absolute Gasteiger partial charge is 0.365 e. The fourth-order valence-corrected chi connectivity index (χ4v) is 3.28. The van der Waals surface area contributed by atoms with E-state index in [1.807, 2.05) is 4.90 Å². The summed E-state index contributed by atoms with van der Waals surface area (Å²) in [6, 6.07) is 2.66. The molecule has 1 aliphatic heterocycles. The van der Waals surface area contributed by atoms with Gasteiger partial charge in [-0.2, -0.15) is 0 Å². The second kappa shape index (κ2) is 6.39. The number of nitrogens with zero attached hydrogens (tertiary/aromatic N) is 1. The van der Waals surface area contributed by atoms with Crippen LogP contribution in [0.25, 0.3) is 0 Å². The summed E-state index contributed by atoms with van der Waals surface area (Å²) in [4.78, 5) is 1.85. The molecule has 1 aliphatic rings. The van der Waals surface area contributed by atoms with E-state index in [0.717, 1.165) is 25.8 Å². The molecule has 0 aliphatic carbocycles. The van der Waals surface area contributed by atoms with Crippen LogP contribution in [0.1, 0.15) is 33.1 Å². The van der Waals surface area contributed by atoms with Gasteiger partial charge in [-0.3, -0.25) is 0 Å². The summed E-state index contributed by atoms with van der Waals surface area (Å²) in [5, 5.41) is 3.55. The molecule has 1 aromatic rings. The summed E-state index contributed by atoms with van der Waals surface area (Å²) in [5.74, 6) is -1.00. The predicted octanol–water partition coefficient (Wildman–Crippen LogP) is 4.09. The van der Waals surface area contributed by atoms with Gasteiger partial charge in [-0.1, -0.05) is 29.8 Å². The molecule has 0 amide bonds. The Bertz CT molecular complexity index is 452. The summed E-state index contributed by atoms with van der Waals surface area (Å²) in [5.41, 5.74) is 0.0332. The first-order chi connectivity index (χ1) is 9.51. The van der Waals surface area contributed by atoms with Gasteiger partial charge in [-0.05, 0) is 37.9 Å². The number of halogens is 3. The molecule has 1 aromatic carbocycles. The van der Waals surface area contributed by atoms with E-state index < -0.39 is 11.6 Å². The number of nitrogens with one attached hydrogen (secondary N) is 1. The van der Waals surface area contributed by atoms with E-state index in [9.17, 15) is 8.78 Å². The Morgan fingerprint density at radius 3 is 2.40 bits per heavy atom. The van der Waals surface area contributed by atoms with Crippen molar-refractivity contribution < 1.29 is 8.78 Å². The highest BCUT2D eigenvalue weighted by Crippen LogP contribution is 2.30. The lowest BCUT2D eigenvalue weighted by Crippen LogP contribution is -2.51. The maximum atomic E-state index is 14.2. The normalized spacial score (nSPS) is 18.9. The van der Waals surface area contributed by atoms with Gasteiger partial charge in [0.05, 0.1) is 0 Å². The number of hydrogen-bond donors (Lipinski definition) is 1. The van der Waals surface area contributed by atoms with Crippen molar-refractivity contribution in [2.75, 3.05) is 24.5 Å². The molecule has 2 nitrogen and oxygen atoms in total. The van der Waals surface area contributed by atoms with Crippen molar-refractivity contribution in [2.45, 2.75) is 38.6 Å². The Morgan fingerprint density at radius 2 is 1.85 bits per heavy atom. The molecule has 20 heavy (non-hydrogen) atoms. The van der Waals surface area contributed by atoms with Crippen LogP contribution in [0.5, 0.6) is 0 Å². The van der Waals surface area contributed by atoms with Crippen LogP contribution < -0.4 is 10.2 Å². The fourth-order valence-electron chi connectivity index (χ4n) is 2.87. The van der Waals surface area contributed by atoms with Gasteiger partial charge in [0, 0.05) is 23.1 Å². The molecule has 0 unspecified atom stereocenters. The molecule has 0 saturated carbocycles. The van der Waals surface area contributed by atoms with Crippen LogP contribution >= 0.6 is 15.9 Å². The van der Waals surface area contributed by atoms with E-state index in [1.54, 1.807) is 0 Å². The predicted molar refractivity (Wildman–Crippen MR) is 82.2 cm³/mol. The van der Waals surface area contributed by atoms with Crippen molar-refractivity contribution in [3.8, 4) is 0 Å². The number of rotatable bonds is 3. The summed E-state index contributed by atoms with van der Waals surface area (Å²) in [6.07, 6.45) is 2.77. The van der Waals surface area contributed by atoms with E-state index in [4.69, 9.17) is 0 Å². The van der Waals surface area contributed by atoms with Crippen LogP contribution in [-0.2, 0) is 0 Å². The molecule has 0 atom stereocenters. The minimum atomic E-state index is -0.500. The molecule has 1 heterocycles. The van der Waals surface area contributed by atoms with Gasteiger partial charge in [0.25, 0.3) is 0 Å². The highest BCUT2D eigenvalue weighted by molar-refractivity contribution is 9.10. The number of hydrogen-bond acceptors (Lipinski definition) is 2. The lowest BCUT2D eigenvalue weighted by Gasteiger charge is -2.36. The van der Waals surface area contributed by atoms with Gasteiger partial charge < -0.3 is 10.2 Å². The zero-order chi connectivity index (χ0) is 14.8. The second-order valence-electron chi connectivity index (χ2n) is 5.41. The molecule has 1 saturated heterocycles. The van der Waals surface area contributed by atoms with Crippen LogP contribution in [0, 0.1) is 11.6 Å². The molecule has 0 bridgehead atoms. The minimum absolute atomic E-state index is 0.0670. The maximum Gasteiger partial charge on any atom is 0.150 e. The lowest BCUT2D eigenvalue weighted by molar-refractivity contribution is 0.320. The van der Waals surface area contributed by atoms with Crippen molar-refractivity contribution in [3.63, 3.8) is 0 Å². The second-order valence-corrected chi connectivity index (χ2v) is 6.32. The van der Waals surface area contributed by atoms with Crippen LogP contribution in [0.15, 0.2) is 16.6 Å². The highest BCUT2D eigenvalue weighted by Gasteiger charge is 2.32. The third-order valence-corrected chi connectivity index (χ3v) is 4.71. The summed E-state index contributed by atoms with van der Waals surface area (Å²) < 4.78 is 28.7.